The van der Waals surface area contributed by atoms with Crippen molar-refractivity contribution in [1.29, 1.82) is 0 Å². The van der Waals surface area contributed by atoms with E-state index in [1.807, 2.05) is 78.8 Å². The van der Waals surface area contributed by atoms with Crippen molar-refractivity contribution in [2.24, 2.45) is 0 Å². The molecule has 4 aliphatic heterocycles. The standard InChI is InChI=1S/2C18H24N2O3.2C3H8.2H2/c1-12-5-6-13-14(11-12)19-15(21)18(13)7-9-20(10-8-18)16(22)23-17(2,3)4;1-5-12-6-7-14-13(10-12)18(15(21)19-14)8-9-20(11-18)16(22)23-17(2,3)4;2*1-3-2;;/h5-6,11H,7-10H2,1-4H3,(H,19,21);6-7,10H,5,8-9,11H2,1-4H3,(H,19,21);2*3H2,1-2H3;2*1H. The second kappa shape index (κ2) is 17.2. The number of anilines is 2. The Morgan fingerprint density at radius 1 is 0.692 bits per heavy atom. The van der Waals surface area contributed by atoms with Crippen LogP contribution in [0, 0.1) is 6.92 Å². The number of benzene rings is 2. The fourth-order valence-electron chi connectivity index (χ4n) is 6.81. The number of hydrogen-bond acceptors (Lipinski definition) is 6. The molecule has 2 N–H and O–H groups in total. The van der Waals surface area contributed by atoms with E-state index in [9.17, 15) is 19.2 Å². The van der Waals surface area contributed by atoms with Gasteiger partial charge in [-0.15, -0.1) is 0 Å². The molecule has 4 amide bonds. The van der Waals surface area contributed by atoms with E-state index in [1.54, 1.807) is 9.80 Å². The van der Waals surface area contributed by atoms with Crippen LogP contribution in [0.25, 0.3) is 0 Å². The van der Waals surface area contributed by atoms with Crippen molar-refractivity contribution in [3.63, 3.8) is 0 Å². The molecule has 4 aliphatic rings. The zero-order valence-corrected chi connectivity index (χ0v) is 33.9. The van der Waals surface area contributed by atoms with Crippen LogP contribution in [0.2, 0.25) is 0 Å². The molecule has 0 saturated carbocycles. The SMILES string of the molecule is CCC.CCC.CCc1ccc2c(c1)C1(CCN(C(=O)OC(C)(C)C)C1)C(=O)N2.Cc1ccc2c(c1)NC(=O)C21CCN(C(=O)OC(C)(C)C)CC1.[HH].[HH]. The average molecular weight is 725 g/mol. The molecule has 1 unspecified atom stereocenters. The summed E-state index contributed by atoms with van der Waals surface area (Å²) in [5.41, 5.74) is 4.06. The molecule has 2 spiro atoms. The fraction of sp³-hybridized carbons (Fsp3) is 0.619. The van der Waals surface area contributed by atoms with Crippen LogP contribution < -0.4 is 10.6 Å². The second-order valence-corrected chi connectivity index (χ2v) is 16.4. The Kier molecular flexibility index (Phi) is 14.0. The molecule has 6 rings (SSSR count). The van der Waals surface area contributed by atoms with Gasteiger partial charge in [-0.1, -0.05) is 71.7 Å². The van der Waals surface area contributed by atoms with Gasteiger partial charge >= 0.3 is 12.2 Å². The molecular weight excluding hydrogens is 656 g/mol. The monoisotopic (exact) mass is 725 g/mol. The predicted molar refractivity (Wildman–Crippen MR) is 213 cm³/mol. The number of carbonyl (C=O) groups excluding carboxylic acids is 4. The molecule has 2 fully saturated rings. The number of nitrogens with zero attached hydrogens (tertiary/aromatic N) is 2. The number of ether oxygens (including phenoxy) is 2. The smallest absolute Gasteiger partial charge is 0.410 e. The molecule has 10 nitrogen and oxygen atoms in total. The molecule has 292 valence electrons. The maximum absolute atomic E-state index is 12.6. The lowest BCUT2D eigenvalue weighted by Crippen LogP contribution is -2.49. The molecule has 10 heteroatoms. The maximum Gasteiger partial charge on any atom is 0.410 e. The molecule has 0 aliphatic carbocycles. The first-order valence-electron chi connectivity index (χ1n) is 19.1. The lowest BCUT2D eigenvalue weighted by molar-refractivity contribution is -0.122. The summed E-state index contributed by atoms with van der Waals surface area (Å²) in [5, 5.41) is 5.98. The Morgan fingerprint density at radius 3 is 1.71 bits per heavy atom. The van der Waals surface area contributed by atoms with Crippen molar-refractivity contribution >= 4 is 35.4 Å². The molecule has 2 saturated heterocycles. The van der Waals surface area contributed by atoms with Gasteiger partial charge in [-0.25, -0.2) is 9.59 Å². The highest BCUT2D eigenvalue weighted by atomic mass is 16.6. The van der Waals surface area contributed by atoms with Crippen LogP contribution in [0.5, 0.6) is 0 Å². The normalized spacial score (nSPS) is 19.5. The highest BCUT2D eigenvalue weighted by molar-refractivity contribution is 6.07. The topological polar surface area (TPSA) is 117 Å². The van der Waals surface area contributed by atoms with Crippen molar-refractivity contribution in [1.82, 2.24) is 9.80 Å². The zero-order chi connectivity index (χ0) is 39.1. The van der Waals surface area contributed by atoms with E-state index in [-0.39, 0.29) is 26.9 Å². The van der Waals surface area contributed by atoms with E-state index in [2.05, 4.69) is 51.3 Å². The van der Waals surface area contributed by atoms with Gasteiger partial charge in [0.15, 0.2) is 0 Å². The van der Waals surface area contributed by atoms with Crippen molar-refractivity contribution in [2.75, 3.05) is 36.8 Å². The number of hydrogen-bond donors (Lipinski definition) is 2. The average Bonchev–Trinajstić information content (AvgIpc) is 3.69. The van der Waals surface area contributed by atoms with E-state index >= 15 is 0 Å². The van der Waals surface area contributed by atoms with Crippen LogP contribution in [0.15, 0.2) is 36.4 Å². The van der Waals surface area contributed by atoms with E-state index in [0.717, 1.165) is 34.5 Å². The van der Waals surface area contributed by atoms with Crippen LogP contribution in [0.4, 0.5) is 21.0 Å². The van der Waals surface area contributed by atoms with Crippen LogP contribution >= 0.6 is 0 Å². The first-order valence-corrected chi connectivity index (χ1v) is 19.1. The van der Waals surface area contributed by atoms with Crippen molar-refractivity contribution < 1.29 is 31.5 Å². The Morgan fingerprint density at radius 2 is 1.17 bits per heavy atom. The molecular formula is C42H68N4O6. The minimum atomic E-state index is -0.628. The molecule has 52 heavy (non-hydrogen) atoms. The van der Waals surface area contributed by atoms with Crippen molar-refractivity contribution in [3.05, 3.63) is 58.7 Å². The molecule has 2 aromatic rings. The molecule has 0 radical (unpaired) electrons. The Labute approximate surface area is 315 Å². The molecule has 0 aromatic heterocycles. The Hall–Kier alpha value is -4.08. The molecule has 4 heterocycles. The van der Waals surface area contributed by atoms with Crippen molar-refractivity contribution in [2.45, 2.75) is 144 Å². The van der Waals surface area contributed by atoms with Gasteiger partial charge < -0.3 is 29.9 Å². The second-order valence-electron chi connectivity index (χ2n) is 16.4. The summed E-state index contributed by atoms with van der Waals surface area (Å²) >= 11 is 0. The summed E-state index contributed by atoms with van der Waals surface area (Å²) in [7, 11) is 0. The van der Waals surface area contributed by atoms with Crippen LogP contribution in [-0.4, -0.2) is 71.2 Å². The third-order valence-corrected chi connectivity index (χ3v) is 9.25. The summed E-state index contributed by atoms with van der Waals surface area (Å²) in [6, 6.07) is 12.2. The number of likely N-dealkylation sites (tertiary alicyclic amines) is 2. The van der Waals surface area contributed by atoms with Gasteiger partial charge in [0.1, 0.15) is 11.2 Å². The van der Waals surface area contributed by atoms with Crippen molar-refractivity contribution in [3.8, 4) is 0 Å². The third-order valence-electron chi connectivity index (χ3n) is 9.25. The highest BCUT2D eigenvalue weighted by Crippen LogP contribution is 2.46. The zero-order valence-electron chi connectivity index (χ0n) is 33.9. The first-order chi connectivity index (χ1) is 24.3. The van der Waals surface area contributed by atoms with Gasteiger partial charge in [0, 0.05) is 40.4 Å². The minimum absolute atomic E-state index is 0. The lowest BCUT2D eigenvalue weighted by atomic mass is 9.73. The van der Waals surface area contributed by atoms with Gasteiger partial charge in [-0.2, -0.15) is 0 Å². The van der Waals surface area contributed by atoms with Gasteiger partial charge in [-0.05, 0) is 109 Å². The van der Waals surface area contributed by atoms with Gasteiger partial charge in [-0.3, -0.25) is 9.59 Å². The molecule has 2 aromatic carbocycles. The number of aryl methyl sites for hydroxylation is 2. The van der Waals surface area contributed by atoms with E-state index in [0.29, 0.717) is 45.4 Å². The van der Waals surface area contributed by atoms with E-state index in [1.165, 1.54) is 18.4 Å². The quantitative estimate of drug-likeness (QED) is 0.303. The van der Waals surface area contributed by atoms with E-state index in [4.69, 9.17) is 9.47 Å². The van der Waals surface area contributed by atoms with Crippen LogP contribution in [0.3, 0.4) is 0 Å². The molecule has 1 atom stereocenters. The lowest BCUT2D eigenvalue weighted by Gasteiger charge is -2.38. The maximum atomic E-state index is 12.6. The van der Waals surface area contributed by atoms with E-state index < -0.39 is 22.0 Å². The Bertz CT molecular complexity index is 1590. The van der Waals surface area contributed by atoms with Crippen LogP contribution in [-0.2, 0) is 36.3 Å². The fourth-order valence-corrected chi connectivity index (χ4v) is 6.81. The predicted octanol–water partition coefficient (Wildman–Crippen LogP) is 9.62. The molecule has 0 bridgehead atoms. The number of piperidine rings is 1. The summed E-state index contributed by atoms with van der Waals surface area (Å²) in [6.07, 6.45) is 4.69. The number of carbonyl (C=O) groups is 4. The largest absolute Gasteiger partial charge is 0.444 e. The number of amides is 4. The number of rotatable bonds is 1. The highest BCUT2D eigenvalue weighted by Gasteiger charge is 2.53. The van der Waals surface area contributed by atoms with Gasteiger partial charge in [0.05, 0.1) is 10.8 Å². The Balaban J connectivity index is 0.000000457. The first kappa shape index (κ1) is 42.3. The summed E-state index contributed by atoms with van der Waals surface area (Å²) in [6.45, 7) is 25.7. The van der Waals surface area contributed by atoms with Gasteiger partial charge in [0.2, 0.25) is 11.8 Å². The summed E-state index contributed by atoms with van der Waals surface area (Å²) in [5.74, 6) is 0.0498. The number of nitrogens with one attached hydrogen (secondary N) is 2. The number of fused-ring (bicyclic) bond motifs is 4. The van der Waals surface area contributed by atoms with Crippen LogP contribution in [0.1, 0.15) is 133 Å². The summed E-state index contributed by atoms with van der Waals surface area (Å²) in [4.78, 5) is 53.1. The van der Waals surface area contributed by atoms with Gasteiger partial charge in [0.25, 0.3) is 0 Å². The summed E-state index contributed by atoms with van der Waals surface area (Å²) < 4.78 is 10.9. The minimum Gasteiger partial charge on any atom is -0.444 e. The third kappa shape index (κ3) is 9.86.